The van der Waals surface area contributed by atoms with Crippen LogP contribution in [0.15, 0.2) is 18.2 Å². The van der Waals surface area contributed by atoms with Crippen molar-refractivity contribution < 1.29 is 14.6 Å². The summed E-state index contributed by atoms with van der Waals surface area (Å²) >= 11 is 0. The Balaban J connectivity index is 2.16. The Hall–Kier alpha value is -1.79. The number of para-hydroxylation sites is 1. The molecule has 1 aromatic carbocycles. The molecule has 0 aliphatic carbocycles. The van der Waals surface area contributed by atoms with Gasteiger partial charge in [0.25, 0.3) is 0 Å². The minimum absolute atomic E-state index is 0.0143. The van der Waals surface area contributed by atoms with E-state index in [1.165, 1.54) is 7.11 Å². The van der Waals surface area contributed by atoms with E-state index in [1.807, 2.05) is 12.1 Å². The van der Waals surface area contributed by atoms with Crippen molar-refractivity contribution in [2.24, 2.45) is 0 Å². The molecule has 6 nitrogen and oxygen atoms in total. The normalized spacial score (nSPS) is 19.6. The summed E-state index contributed by atoms with van der Waals surface area (Å²) in [6.07, 6.45) is 0. The highest BCUT2D eigenvalue weighted by Gasteiger charge is 2.28. The van der Waals surface area contributed by atoms with Gasteiger partial charge in [0.1, 0.15) is 6.04 Å². The second kappa shape index (κ2) is 6.58. The Kier molecular flexibility index (Phi) is 4.81. The van der Waals surface area contributed by atoms with Crippen molar-refractivity contribution in [2.75, 3.05) is 33.8 Å². The molecule has 3 N–H and O–H groups in total. The van der Waals surface area contributed by atoms with Crippen molar-refractivity contribution in [1.82, 2.24) is 15.5 Å². The smallest absolute Gasteiger partial charge is 0.238 e. The van der Waals surface area contributed by atoms with Crippen LogP contribution >= 0.6 is 0 Å². The molecule has 1 unspecified atom stereocenters. The fourth-order valence-corrected chi connectivity index (χ4v) is 2.44. The number of amides is 1. The number of benzene rings is 1. The molecular weight excluding hydrogens is 258 g/mol. The van der Waals surface area contributed by atoms with Gasteiger partial charge >= 0.3 is 0 Å². The van der Waals surface area contributed by atoms with Crippen LogP contribution in [0, 0.1) is 0 Å². The Morgan fingerprint density at radius 1 is 1.60 bits per heavy atom. The van der Waals surface area contributed by atoms with E-state index in [4.69, 9.17) is 4.74 Å². The van der Waals surface area contributed by atoms with Crippen LogP contribution in [0.4, 0.5) is 0 Å². The molecule has 2 rings (SSSR count). The first-order valence-electron chi connectivity index (χ1n) is 6.68. The summed E-state index contributed by atoms with van der Waals surface area (Å²) < 4.78 is 5.11. The van der Waals surface area contributed by atoms with E-state index in [2.05, 4.69) is 15.5 Å². The molecule has 1 atom stereocenters. The van der Waals surface area contributed by atoms with Crippen LogP contribution < -0.4 is 15.4 Å². The molecular formula is C14H21N3O3. The summed E-state index contributed by atoms with van der Waals surface area (Å²) in [7, 11) is 3.16. The quantitative estimate of drug-likeness (QED) is 0.719. The maximum absolute atomic E-state index is 11.9. The number of nitrogens with zero attached hydrogens (tertiary/aromatic N) is 1. The lowest BCUT2D eigenvalue weighted by atomic mass is 10.1. The first kappa shape index (κ1) is 14.6. The summed E-state index contributed by atoms with van der Waals surface area (Å²) in [4.78, 5) is 14.0. The summed E-state index contributed by atoms with van der Waals surface area (Å²) in [6, 6.07) is 5.18. The molecule has 1 aliphatic heterocycles. The number of nitrogens with one attached hydrogen (secondary N) is 2. The fourth-order valence-electron chi connectivity index (χ4n) is 2.44. The topological polar surface area (TPSA) is 73.8 Å². The van der Waals surface area contributed by atoms with E-state index in [1.54, 1.807) is 13.1 Å². The van der Waals surface area contributed by atoms with Gasteiger partial charge in [-0.2, -0.15) is 0 Å². The number of piperazine rings is 1. The zero-order valence-electron chi connectivity index (χ0n) is 11.8. The van der Waals surface area contributed by atoms with Crippen molar-refractivity contribution in [2.45, 2.75) is 12.6 Å². The molecule has 1 amide bonds. The van der Waals surface area contributed by atoms with Gasteiger partial charge in [-0.15, -0.1) is 0 Å². The molecule has 1 aliphatic rings. The average Bonchev–Trinajstić information content (AvgIpc) is 2.49. The van der Waals surface area contributed by atoms with Gasteiger partial charge in [-0.05, 0) is 6.07 Å². The fraction of sp³-hybridized carbons (Fsp3) is 0.500. The van der Waals surface area contributed by atoms with Crippen LogP contribution in [0.25, 0.3) is 0 Å². The maximum Gasteiger partial charge on any atom is 0.238 e. The lowest BCUT2D eigenvalue weighted by Crippen LogP contribution is -2.56. The highest BCUT2D eigenvalue weighted by atomic mass is 16.5. The SMILES string of the molecule is CNC(=O)C1CNCCN1Cc1cccc(OC)c1O. The number of carbonyl (C=O) groups excluding carboxylic acids is 1. The van der Waals surface area contributed by atoms with Crippen molar-refractivity contribution in [3.8, 4) is 11.5 Å². The lowest BCUT2D eigenvalue weighted by molar-refractivity contribution is -0.126. The number of phenols is 1. The maximum atomic E-state index is 11.9. The van der Waals surface area contributed by atoms with Crippen molar-refractivity contribution in [1.29, 1.82) is 0 Å². The van der Waals surface area contributed by atoms with Gasteiger partial charge in [0.2, 0.25) is 5.91 Å². The van der Waals surface area contributed by atoms with Gasteiger partial charge in [0.15, 0.2) is 11.5 Å². The van der Waals surface area contributed by atoms with Crippen LogP contribution in [-0.2, 0) is 11.3 Å². The Morgan fingerprint density at radius 2 is 2.40 bits per heavy atom. The molecule has 0 bridgehead atoms. The summed E-state index contributed by atoms with van der Waals surface area (Å²) in [5.41, 5.74) is 0.764. The third-order valence-corrected chi connectivity index (χ3v) is 3.58. The number of hydrogen-bond acceptors (Lipinski definition) is 5. The Labute approximate surface area is 118 Å². The number of carbonyl (C=O) groups is 1. The zero-order valence-corrected chi connectivity index (χ0v) is 11.8. The van der Waals surface area contributed by atoms with Crippen molar-refractivity contribution in [3.05, 3.63) is 23.8 Å². The van der Waals surface area contributed by atoms with Gasteiger partial charge in [0.05, 0.1) is 7.11 Å². The molecule has 20 heavy (non-hydrogen) atoms. The van der Waals surface area contributed by atoms with Crippen LogP contribution in [0.5, 0.6) is 11.5 Å². The molecule has 1 aromatic rings. The van der Waals surface area contributed by atoms with Gasteiger partial charge < -0.3 is 20.5 Å². The Morgan fingerprint density at radius 3 is 3.10 bits per heavy atom. The van der Waals surface area contributed by atoms with E-state index < -0.39 is 0 Å². The largest absolute Gasteiger partial charge is 0.504 e. The minimum Gasteiger partial charge on any atom is -0.504 e. The van der Waals surface area contributed by atoms with Gasteiger partial charge in [-0.25, -0.2) is 0 Å². The first-order valence-corrected chi connectivity index (χ1v) is 6.68. The standard InChI is InChI=1S/C14H21N3O3/c1-15-14(19)11-8-16-6-7-17(11)9-10-4-3-5-12(20-2)13(10)18/h3-5,11,16,18H,6-9H2,1-2H3,(H,15,19). The molecule has 0 saturated carbocycles. The second-order valence-corrected chi connectivity index (χ2v) is 4.77. The third-order valence-electron chi connectivity index (χ3n) is 3.58. The highest BCUT2D eigenvalue weighted by Crippen LogP contribution is 2.30. The number of likely N-dealkylation sites (N-methyl/N-ethyl adjacent to an activating group) is 1. The van der Waals surface area contributed by atoms with E-state index in [0.717, 1.165) is 18.7 Å². The number of ether oxygens (including phenoxy) is 1. The van der Waals surface area contributed by atoms with Crippen LogP contribution in [0.2, 0.25) is 0 Å². The van der Waals surface area contributed by atoms with Crippen LogP contribution in [0.3, 0.4) is 0 Å². The first-order chi connectivity index (χ1) is 9.67. The molecule has 0 aromatic heterocycles. The zero-order chi connectivity index (χ0) is 14.5. The minimum atomic E-state index is -0.223. The van der Waals surface area contributed by atoms with Crippen molar-refractivity contribution >= 4 is 5.91 Å². The molecule has 110 valence electrons. The number of hydrogen-bond donors (Lipinski definition) is 3. The van der Waals surface area contributed by atoms with Crippen LogP contribution in [0.1, 0.15) is 5.56 Å². The van der Waals surface area contributed by atoms with E-state index in [9.17, 15) is 9.90 Å². The molecule has 0 radical (unpaired) electrons. The third kappa shape index (κ3) is 3.02. The van der Waals surface area contributed by atoms with Gasteiger partial charge in [-0.3, -0.25) is 9.69 Å². The number of aromatic hydroxyl groups is 1. The summed E-state index contributed by atoms with van der Waals surface area (Å²) in [5.74, 6) is 0.581. The van der Waals surface area contributed by atoms with Crippen molar-refractivity contribution in [3.63, 3.8) is 0 Å². The molecule has 1 heterocycles. The lowest BCUT2D eigenvalue weighted by Gasteiger charge is -2.35. The molecule has 6 heteroatoms. The highest BCUT2D eigenvalue weighted by molar-refractivity contribution is 5.81. The van der Waals surface area contributed by atoms with E-state index in [-0.39, 0.29) is 17.7 Å². The molecule has 1 saturated heterocycles. The Bertz CT molecular complexity index is 479. The monoisotopic (exact) mass is 279 g/mol. The number of methoxy groups -OCH3 is 1. The second-order valence-electron chi connectivity index (χ2n) is 4.77. The predicted octanol–water partition coefficient (Wildman–Crippen LogP) is -0.0794. The van der Waals surface area contributed by atoms with Gasteiger partial charge in [-0.1, -0.05) is 12.1 Å². The predicted molar refractivity (Wildman–Crippen MR) is 75.8 cm³/mol. The van der Waals surface area contributed by atoms with Crippen LogP contribution in [-0.4, -0.2) is 55.7 Å². The van der Waals surface area contributed by atoms with E-state index >= 15 is 0 Å². The molecule has 0 spiro atoms. The number of rotatable bonds is 4. The summed E-state index contributed by atoms with van der Waals surface area (Å²) in [5, 5.41) is 16.0. The number of phenolic OH excluding ortho intramolecular Hbond substituents is 1. The molecule has 1 fully saturated rings. The average molecular weight is 279 g/mol. The summed E-state index contributed by atoms with van der Waals surface area (Å²) in [6.45, 7) is 2.72. The van der Waals surface area contributed by atoms with Gasteiger partial charge in [0, 0.05) is 38.8 Å². The van der Waals surface area contributed by atoms with E-state index in [0.29, 0.717) is 18.8 Å².